The Labute approximate surface area is 414 Å². The molecular weight excluding hydrogens is 899 g/mol. The van der Waals surface area contributed by atoms with Crippen molar-refractivity contribution in [2.24, 2.45) is 0 Å². The van der Waals surface area contributed by atoms with E-state index in [0.29, 0.717) is 17.5 Å². The quantitative estimate of drug-likeness (QED) is 0.172. The van der Waals surface area contributed by atoms with Gasteiger partial charge < -0.3 is 13.6 Å². The predicted molar refractivity (Wildman–Crippen MR) is 300 cm³/mol. The average Bonchev–Trinajstić information content (AvgIpc) is 4.19. The van der Waals surface area contributed by atoms with Crippen molar-refractivity contribution >= 4 is 119 Å². The SMILES string of the molecule is c1ccc(-n2c3ccccc3c3c(-c4nc(-c5cc(-n6c7cc8ccccc8cc7c7cc8ccccc8cc76)cc6c5oc5ccccc56)nc(-c5cccc6sc7ccccc7c56)n4)cccc32)cc1. The minimum absolute atomic E-state index is 0.526. The molecule has 5 heterocycles. The van der Waals surface area contributed by atoms with Crippen molar-refractivity contribution < 1.29 is 4.42 Å². The number of thiophene rings is 1. The van der Waals surface area contributed by atoms with Crippen LogP contribution in [-0.2, 0) is 0 Å². The van der Waals surface area contributed by atoms with Crippen LogP contribution >= 0.6 is 11.3 Å². The van der Waals surface area contributed by atoms with E-state index in [2.05, 4.69) is 221 Å². The molecule has 16 rings (SSSR count). The number of nitrogens with zero attached hydrogens (tertiary/aromatic N) is 5. The van der Waals surface area contributed by atoms with E-state index in [9.17, 15) is 0 Å². The predicted octanol–water partition coefficient (Wildman–Crippen LogP) is 17.6. The summed E-state index contributed by atoms with van der Waals surface area (Å²) in [5, 5.41) is 13.7. The lowest BCUT2D eigenvalue weighted by Gasteiger charge is -2.14. The minimum Gasteiger partial charge on any atom is -0.455 e. The Bertz CT molecular complexity index is 4850. The second-order valence-corrected chi connectivity index (χ2v) is 19.8. The molecule has 6 nitrogen and oxygen atoms in total. The molecule has 0 aliphatic carbocycles. The third kappa shape index (κ3) is 5.74. The Balaban J connectivity index is 1.04. The summed E-state index contributed by atoms with van der Waals surface area (Å²) in [6.07, 6.45) is 0. The van der Waals surface area contributed by atoms with E-state index in [0.717, 1.165) is 88.2 Å². The van der Waals surface area contributed by atoms with Crippen LogP contribution < -0.4 is 0 Å². The van der Waals surface area contributed by atoms with E-state index in [1.54, 1.807) is 11.3 Å². The van der Waals surface area contributed by atoms with Crippen LogP contribution in [0.25, 0.3) is 153 Å². The van der Waals surface area contributed by atoms with E-state index in [-0.39, 0.29) is 0 Å². The van der Waals surface area contributed by atoms with Gasteiger partial charge in [-0.1, -0.05) is 146 Å². The highest BCUT2D eigenvalue weighted by molar-refractivity contribution is 7.25. The van der Waals surface area contributed by atoms with Gasteiger partial charge >= 0.3 is 0 Å². The second-order valence-electron chi connectivity index (χ2n) is 18.7. The van der Waals surface area contributed by atoms with Gasteiger partial charge in [0.25, 0.3) is 0 Å². The average molecular weight is 936 g/mol. The molecule has 0 unspecified atom stereocenters. The molecule has 0 bridgehead atoms. The molecule has 0 atom stereocenters. The normalized spacial score (nSPS) is 12.2. The van der Waals surface area contributed by atoms with Gasteiger partial charge in [0.15, 0.2) is 17.5 Å². The zero-order valence-electron chi connectivity index (χ0n) is 38.4. The van der Waals surface area contributed by atoms with Gasteiger partial charge in [0.05, 0.1) is 27.6 Å². The fourth-order valence-corrected chi connectivity index (χ4v) is 12.7. The first-order valence-corrected chi connectivity index (χ1v) is 25.1. The number of hydrogen-bond acceptors (Lipinski definition) is 5. The van der Waals surface area contributed by atoms with Crippen molar-refractivity contribution in [3.05, 3.63) is 224 Å². The van der Waals surface area contributed by atoms with Crippen molar-refractivity contribution in [1.82, 2.24) is 24.1 Å². The fourth-order valence-electron chi connectivity index (χ4n) is 11.5. The molecule has 334 valence electrons. The zero-order valence-corrected chi connectivity index (χ0v) is 39.2. The Kier molecular flexibility index (Phi) is 8.23. The van der Waals surface area contributed by atoms with Gasteiger partial charge in [-0.25, -0.2) is 15.0 Å². The monoisotopic (exact) mass is 935 g/mol. The minimum atomic E-state index is 0.526. The van der Waals surface area contributed by atoms with E-state index >= 15 is 0 Å². The lowest BCUT2D eigenvalue weighted by atomic mass is 10.0. The number of hydrogen-bond donors (Lipinski definition) is 0. The molecule has 16 aromatic rings. The maximum Gasteiger partial charge on any atom is 0.167 e. The number of fused-ring (bicyclic) bond motifs is 14. The molecule has 0 saturated heterocycles. The molecule has 0 aliphatic heterocycles. The summed E-state index contributed by atoms with van der Waals surface area (Å²) in [6.45, 7) is 0. The van der Waals surface area contributed by atoms with Gasteiger partial charge in [0.2, 0.25) is 0 Å². The highest BCUT2D eigenvalue weighted by Crippen LogP contribution is 2.45. The van der Waals surface area contributed by atoms with Crippen LogP contribution in [0, 0.1) is 0 Å². The van der Waals surface area contributed by atoms with Crippen LogP contribution in [0.15, 0.2) is 229 Å². The van der Waals surface area contributed by atoms with E-state index in [4.69, 9.17) is 19.4 Å². The first-order chi connectivity index (χ1) is 35.7. The Hall–Kier alpha value is -9.43. The van der Waals surface area contributed by atoms with E-state index < -0.39 is 0 Å². The Morgan fingerprint density at radius 1 is 0.319 bits per heavy atom. The highest BCUT2D eigenvalue weighted by atomic mass is 32.1. The molecule has 0 fully saturated rings. The molecule has 72 heavy (non-hydrogen) atoms. The molecule has 0 N–H and O–H groups in total. The van der Waals surface area contributed by atoms with Crippen LogP contribution in [0.3, 0.4) is 0 Å². The van der Waals surface area contributed by atoms with Gasteiger partial charge in [-0.3, -0.25) is 0 Å². The maximum atomic E-state index is 6.98. The van der Waals surface area contributed by atoms with Crippen LogP contribution in [0.5, 0.6) is 0 Å². The first kappa shape index (κ1) is 39.4. The molecular formula is C65H37N5OS. The molecule has 7 heteroatoms. The number of rotatable bonds is 5. The summed E-state index contributed by atoms with van der Waals surface area (Å²) in [5.74, 6) is 1.70. The number of furan rings is 1. The zero-order chi connectivity index (χ0) is 47.0. The number of para-hydroxylation sites is 3. The van der Waals surface area contributed by atoms with Crippen molar-refractivity contribution in [3.8, 4) is 45.5 Å². The lowest BCUT2D eigenvalue weighted by Crippen LogP contribution is -2.02. The molecule has 0 saturated carbocycles. The topological polar surface area (TPSA) is 61.7 Å². The van der Waals surface area contributed by atoms with Crippen LogP contribution in [0.1, 0.15) is 0 Å². The first-order valence-electron chi connectivity index (χ1n) is 24.2. The van der Waals surface area contributed by atoms with Gasteiger partial charge in [-0.2, -0.15) is 0 Å². The summed E-state index contributed by atoms with van der Waals surface area (Å²) in [6, 6.07) is 80.3. The van der Waals surface area contributed by atoms with Gasteiger partial charge in [0, 0.05) is 75.0 Å². The summed E-state index contributed by atoms with van der Waals surface area (Å²) >= 11 is 1.79. The molecule has 0 spiro atoms. The number of aromatic nitrogens is 5. The third-order valence-corrected chi connectivity index (χ3v) is 15.8. The van der Waals surface area contributed by atoms with Gasteiger partial charge in [-0.15, -0.1) is 11.3 Å². The molecule has 0 radical (unpaired) electrons. The Morgan fingerprint density at radius 2 is 0.847 bits per heavy atom. The van der Waals surface area contributed by atoms with Crippen LogP contribution in [0.4, 0.5) is 0 Å². The van der Waals surface area contributed by atoms with Crippen LogP contribution in [-0.4, -0.2) is 24.1 Å². The second kappa shape index (κ2) is 15.0. The van der Waals surface area contributed by atoms with Crippen molar-refractivity contribution in [2.45, 2.75) is 0 Å². The van der Waals surface area contributed by atoms with Crippen LogP contribution in [0.2, 0.25) is 0 Å². The summed E-state index contributed by atoms with van der Waals surface area (Å²) in [7, 11) is 0. The molecule has 0 amide bonds. The lowest BCUT2D eigenvalue weighted by molar-refractivity contribution is 0.669. The summed E-state index contributed by atoms with van der Waals surface area (Å²) < 4.78 is 14.1. The summed E-state index contributed by atoms with van der Waals surface area (Å²) in [4.78, 5) is 16.8. The highest BCUT2D eigenvalue weighted by Gasteiger charge is 2.25. The number of benzene rings is 11. The maximum absolute atomic E-state index is 6.98. The molecule has 11 aromatic carbocycles. The van der Waals surface area contributed by atoms with E-state index in [1.165, 1.54) is 47.1 Å². The molecule has 5 aromatic heterocycles. The smallest absolute Gasteiger partial charge is 0.167 e. The van der Waals surface area contributed by atoms with Crippen molar-refractivity contribution in [3.63, 3.8) is 0 Å². The third-order valence-electron chi connectivity index (χ3n) is 14.7. The molecule has 0 aliphatic rings. The standard InChI is InChI=1S/C65H37N5OS/c1-2-20-42(21-3-1)69-53-27-11-8-23-45(53)60-47(25-14-28-54(60)69)63-66-64(48-26-15-31-59-61(48)46-24-10-13-30-58(46)72-59)68-65(67-63)52-37-43(36-51-44-22-9-12-29-57(44)71-62(51)52)70-55-34-40-18-6-4-16-38(40)32-49(55)50-33-39-17-5-7-19-41(39)35-56(50)70/h1-37H. The summed E-state index contributed by atoms with van der Waals surface area (Å²) in [5.41, 5.74) is 10.7. The van der Waals surface area contributed by atoms with Gasteiger partial charge in [-0.05, 0) is 100 Å². The fraction of sp³-hybridized carbons (Fsp3) is 0. The van der Waals surface area contributed by atoms with Gasteiger partial charge in [0.1, 0.15) is 11.2 Å². The van der Waals surface area contributed by atoms with Crippen molar-refractivity contribution in [2.75, 3.05) is 0 Å². The Morgan fingerprint density at radius 3 is 1.57 bits per heavy atom. The van der Waals surface area contributed by atoms with E-state index in [1.807, 2.05) is 12.1 Å². The van der Waals surface area contributed by atoms with Crippen molar-refractivity contribution in [1.29, 1.82) is 0 Å². The largest absolute Gasteiger partial charge is 0.455 e.